The number of aromatic nitrogens is 4. The summed E-state index contributed by atoms with van der Waals surface area (Å²) in [5.41, 5.74) is 5.14. The van der Waals surface area contributed by atoms with Gasteiger partial charge >= 0.3 is 0 Å². The van der Waals surface area contributed by atoms with Gasteiger partial charge in [0.05, 0.1) is 48.7 Å². The number of H-pyrrole nitrogens is 2. The lowest BCUT2D eigenvalue weighted by Crippen LogP contribution is -2.65. The van der Waals surface area contributed by atoms with Gasteiger partial charge in [-0.1, -0.05) is 18.2 Å². The number of pyridine rings is 1. The highest BCUT2D eigenvalue weighted by atomic mass is 16.5. The van der Waals surface area contributed by atoms with E-state index in [0.717, 1.165) is 25.3 Å². The Balaban J connectivity index is 1.13. The lowest BCUT2D eigenvalue weighted by molar-refractivity contribution is -0.128. The van der Waals surface area contributed by atoms with Gasteiger partial charge in [-0.05, 0) is 18.2 Å². The number of fused-ring (bicyclic) bond motifs is 1. The molecular weight excluding hydrogens is 620 g/mol. The number of rotatable bonds is 12. The number of ketones is 1. The minimum Gasteiger partial charge on any atom is -0.494 e. The van der Waals surface area contributed by atoms with Crippen molar-refractivity contribution >= 4 is 34.2 Å². The molecule has 2 amide bonds. The van der Waals surface area contributed by atoms with Gasteiger partial charge in [-0.2, -0.15) is 5.10 Å². The van der Waals surface area contributed by atoms with Crippen LogP contribution in [0, 0.1) is 0 Å². The van der Waals surface area contributed by atoms with E-state index in [1.807, 2.05) is 35.2 Å². The number of methoxy groups -OCH3 is 1. The van der Waals surface area contributed by atoms with Crippen LogP contribution >= 0.6 is 0 Å². The molecule has 17 heteroatoms. The summed E-state index contributed by atoms with van der Waals surface area (Å²) in [5.74, 6) is 10.9. The van der Waals surface area contributed by atoms with Crippen LogP contribution in [0.1, 0.15) is 20.8 Å². The van der Waals surface area contributed by atoms with Gasteiger partial charge in [-0.3, -0.25) is 40.1 Å². The fraction of sp³-hybridized carbons (Fsp3) is 0.387. The minimum atomic E-state index is -0.689. The van der Waals surface area contributed by atoms with E-state index in [1.54, 1.807) is 6.07 Å². The molecule has 254 valence electrons. The van der Waals surface area contributed by atoms with E-state index >= 15 is 0 Å². The van der Waals surface area contributed by atoms with Crippen LogP contribution in [-0.4, -0.2) is 131 Å². The second kappa shape index (κ2) is 14.9. The quantitative estimate of drug-likeness (QED) is 0.0371. The predicted octanol–water partition coefficient (Wildman–Crippen LogP) is -0.522. The molecule has 1 aromatic carbocycles. The number of para-hydroxylation sites is 1. The Morgan fingerprint density at radius 2 is 1.85 bits per heavy atom. The molecule has 5 heterocycles. The van der Waals surface area contributed by atoms with Crippen LogP contribution < -0.4 is 32.2 Å². The number of nitrogens with zero attached hydrogens (tertiary/aromatic N) is 6. The van der Waals surface area contributed by atoms with E-state index in [4.69, 9.17) is 21.2 Å². The van der Waals surface area contributed by atoms with E-state index in [9.17, 15) is 14.4 Å². The van der Waals surface area contributed by atoms with Crippen LogP contribution in [0.15, 0.2) is 48.8 Å². The van der Waals surface area contributed by atoms with Gasteiger partial charge in [0.1, 0.15) is 22.8 Å². The fourth-order valence-electron chi connectivity index (χ4n) is 5.98. The number of nitrogens with one attached hydrogen (secondary N) is 4. The van der Waals surface area contributed by atoms with E-state index in [0.29, 0.717) is 74.0 Å². The molecule has 48 heavy (non-hydrogen) atoms. The highest BCUT2D eigenvalue weighted by Gasteiger charge is 2.33. The minimum absolute atomic E-state index is 0.147. The summed E-state index contributed by atoms with van der Waals surface area (Å²) in [7, 11) is 1.46. The van der Waals surface area contributed by atoms with Gasteiger partial charge in [-0.15, -0.1) is 0 Å². The van der Waals surface area contributed by atoms with Crippen LogP contribution in [0.4, 0.5) is 5.69 Å². The molecule has 1 atom stereocenters. The Kier molecular flexibility index (Phi) is 10.2. The van der Waals surface area contributed by atoms with Crippen molar-refractivity contribution < 1.29 is 23.9 Å². The Bertz CT molecular complexity index is 1730. The molecular formula is C31H40N12O5. The first-order chi connectivity index (χ1) is 23.4. The Labute approximate surface area is 276 Å². The number of morpholine rings is 1. The van der Waals surface area contributed by atoms with Crippen molar-refractivity contribution in [3.63, 3.8) is 0 Å². The van der Waals surface area contributed by atoms with Crippen molar-refractivity contribution in [2.75, 3.05) is 77.7 Å². The third-order valence-electron chi connectivity index (χ3n) is 8.63. The number of benzene rings is 1. The number of hydrazine groups is 2. The zero-order valence-corrected chi connectivity index (χ0v) is 26.6. The number of nitrogens with two attached hydrogens (primary N) is 2. The van der Waals surface area contributed by atoms with Crippen LogP contribution in [0.5, 0.6) is 5.75 Å². The second-order valence-corrected chi connectivity index (χ2v) is 11.4. The molecule has 0 bridgehead atoms. The molecule has 4 aromatic rings. The van der Waals surface area contributed by atoms with Gasteiger partial charge in [-0.25, -0.2) is 16.3 Å². The zero-order valence-electron chi connectivity index (χ0n) is 26.6. The Morgan fingerprint density at radius 3 is 2.56 bits per heavy atom. The van der Waals surface area contributed by atoms with E-state index in [-0.39, 0.29) is 17.2 Å². The topological polar surface area (TPSA) is 216 Å². The van der Waals surface area contributed by atoms with Crippen LogP contribution in [0.3, 0.4) is 0 Å². The Morgan fingerprint density at radius 1 is 1.10 bits per heavy atom. The number of anilines is 1. The summed E-state index contributed by atoms with van der Waals surface area (Å²) < 4.78 is 10.9. The molecule has 8 N–H and O–H groups in total. The average Bonchev–Trinajstić information content (AvgIpc) is 3.81. The van der Waals surface area contributed by atoms with Crippen molar-refractivity contribution in [3.05, 3.63) is 60.0 Å². The summed E-state index contributed by atoms with van der Waals surface area (Å²) >= 11 is 0. The van der Waals surface area contributed by atoms with Gasteiger partial charge < -0.3 is 24.7 Å². The molecule has 2 aliphatic heterocycles. The van der Waals surface area contributed by atoms with E-state index in [2.05, 4.69) is 35.8 Å². The SMILES string of the molecule is COc1cnc(-c2cc(C(=O)NCCN3CCOCC3)[nH]n2)c2[nH]cc(C(=O)C(=O)N3CCN(C(NN)N(N)c4ccccc4)CC3)c12. The highest BCUT2D eigenvalue weighted by Crippen LogP contribution is 2.34. The number of Topliss-reactive ketones (excluding diaryl/α,β-unsaturated/α-hetero) is 1. The van der Waals surface area contributed by atoms with Gasteiger partial charge in [0.25, 0.3) is 17.6 Å². The van der Waals surface area contributed by atoms with Crippen molar-refractivity contribution in [2.24, 2.45) is 11.7 Å². The smallest absolute Gasteiger partial charge is 0.295 e. The largest absolute Gasteiger partial charge is 0.494 e. The molecule has 0 aliphatic carbocycles. The number of carbonyl (C=O) groups is 3. The molecule has 1 unspecified atom stereocenters. The maximum absolute atomic E-state index is 13.7. The third-order valence-corrected chi connectivity index (χ3v) is 8.63. The van der Waals surface area contributed by atoms with Crippen LogP contribution in [-0.2, 0) is 9.53 Å². The molecule has 0 radical (unpaired) electrons. The molecule has 0 saturated carbocycles. The summed E-state index contributed by atoms with van der Waals surface area (Å²) in [6.45, 7) is 5.70. The monoisotopic (exact) mass is 660 g/mol. The van der Waals surface area contributed by atoms with Crippen molar-refractivity contribution in [1.82, 2.24) is 45.6 Å². The number of piperazine rings is 1. The number of hydrogen-bond acceptors (Lipinski definition) is 13. The predicted molar refractivity (Wildman–Crippen MR) is 177 cm³/mol. The second-order valence-electron chi connectivity index (χ2n) is 11.4. The molecule has 0 spiro atoms. The number of aromatic amines is 2. The highest BCUT2D eigenvalue weighted by molar-refractivity contribution is 6.45. The summed E-state index contributed by atoms with van der Waals surface area (Å²) in [6.07, 6.45) is 2.42. The molecule has 17 nitrogen and oxygen atoms in total. The number of amides is 2. The standard InChI is InChI=1S/C31H40N12O5/c1-47-24-19-36-26(22-17-23(39-38-22)29(45)34-7-8-40-13-15-48-16-14-40)27-25(24)21(18-35-27)28(44)30(46)41-9-11-42(12-10-41)31(37-32)43(33)20-5-3-2-4-6-20/h2-6,17-19,31,35,37H,7-16,32-33H2,1H3,(H,34,45)(H,38,39). The summed E-state index contributed by atoms with van der Waals surface area (Å²) in [5, 5.41) is 11.9. The average molecular weight is 661 g/mol. The molecule has 2 saturated heterocycles. The molecule has 2 fully saturated rings. The zero-order chi connectivity index (χ0) is 33.6. The van der Waals surface area contributed by atoms with Crippen LogP contribution in [0.25, 0.3) is 22.3 Å². The first kappa shape index (κ1) is 33.0. The van der Waals surface area contributed by atoms with Gasteiger partial charge in [0.15, 0.2) is 6.29 Å². The first-order valence-electron chi connectivity index (χ1n) is 15.7. The number of carbonyl (C=O) groups excluding carboxylic acids is 3. The Hall–Kier alpha value is -4.91. The first-order valence-corrected chi connectivity index (χ1v) is 15.7. The normalized spacial score (nSPS) is 16.5. The van der Waals surface area contributed by atoms with E-state index in [1.165, 1.54) is 29.4 Å². The lowest BCUT2D eigenvalue weighted by Gasteiger charge is -2.42. The maximum atomic E-state index is 13.7. The molecule has 6 rings (SSSR count). The lowest BCUT2D eigenvalue weighted by atomic mass is 10.1. The number of ether oxygens (including phenoxy) is 2. The van der Waals surface area contributed by atoms with Crippen molar-refractivity contribution in [1.29, 1.82) is 0 Å². The summed E-state index contributed by atoms with van der Waals surface area (Å²) in [4.78, 5) is 53.3. The third kappa shape index (κ3) is 6.86. The number of hydrogen-bond donors (Lipinski definition) is 6. The van der Waals surface area contributed by atoms with Crippen molar-refractivity contribution in [3.8, 4) is 17.1 Å². The summed E-state index contributed by atoms with van der Waals surface area (Å²) in [6, 6.07) is 11.0. The molecule has 2 aliphatic rings. The van der Waals surface area contributed by atoms with Gasteiger partial charge in [0.2, 0.25) is 0 Å². The maximum Gasteiger partial charge on any atom is 0.295 e. The van der Waals surface area contributed by atoms with E-state index < -0.39 is 18.0 Å². The fourth-order valence-corrected chi connectivity index (χ4v) is 5.98. The van der Waals surface area contributed by atoms with Crippen LogP contribution in [0.2, 0.25) is 0 Å². The molecule has 3 aromatic heterocycles. The van der Waals surface area contributed by atoms with Crippen molar-refractivity contribution in [2.45, 2.75) is 6.29 Å². The van der Waals surface area contributed by atoms with Gasteiger partial charge in [0, 0.05) is 58.6 Å².